The molecule has 0 atom stereocenters. The molecule has 150 valence electrons. The van der Waals surface area contributed by atoms with E-state index in [1.165, 1.54) is 30.8 Å². The SMILES string of the molecule is CCn1c(SCC(=O)Nc2ccccc2F)nnc1-c1cccc(NC(C)=O)c1. The lowest BCUT2D eigenvalue weighted by Gasteiger charge is -2.09. The Morgan fingerprint density at radius 2 is 1.90 bits per heavy atom. The van der Waals surface area contributed by atoms with Gasteiger partial charge in [-0.25, -0.2) is 4.39 Å². The average molecular weight is 413 g/mol. The molecule has 7 nitrogen and oxygen atoms in total. The molecule has 2 N–H and O–H groups in total. The standard InChI is InChI=1S/C20H20FN5O2S/c1-3-26-19(14-7-6-8-15(11-14)22-13(2)27)24-25-20(26)29-12-18(28)23-17-10-5-4-9-16(17)21/h4-11H,3,12H2,1-2H3,(H,22,27)(H,23,28). The van der Waals surface area contributed by atoms with Gasteiger partial charge in [0.1, 0.15) is 5.82 Å². The van der Waals surface area contributed by atoms with E-state index in [4.69, 9.17) is 0 Å². The Hall–Kier alpha value is -3.20. The van der Waals surface area contributed by atoms with E-state index >= 15 is 0 Å². The minimum absolute atomic E-state index is 0.0679. The van der Waals surface area contributed by atoms with Gasteiger partial charge in [-0.15, -0.1) is 10.2 Å². The monoisotopic (exact) mass is 413 g/mol. The summed E-state index contributed by atoms with van der Waals surface area (Å²) in [6.45, 7) is 4.00. The first-order valence-corrected chi connectivity index (χ1v) is 9.95. The van der Waals surface area contributed by atoms with Gasteiger partial charge in [0.2, 0.25) is 11.8 Å². The van der Waals surface area contributed by atoms with Crippen molar-refractivity contribution < 1.29 is 14.0 Å². The van der Waals surface area contributed by atoms with Gasteiger partial charge in [0.15, 0.2) is 11.0 Å². The van der Waals surface area contributed by atoms with E-state index in [1.807, 2.05) is 29.7 Å². The van der Waals surface area contributed by atoms with Crippen LogP contribution in [-0.2, 0) is 16.1 Å². The van der Waals surface area contributed by atoms with Gasteiger partial charge in [0, 0.05) is 24.7 Å². The molecule has 0 saturated heterocycles. The summed E-state index contributed by atoms with van der Waals surface area (Å²) in [4.78, 5) is 23.4. The Morgan fingerprint density at radius 3 is 2.62 bits per heavy atom. The smallest absolute Gasteiger partial charge is 0.234 e. The molecular formula is C20H20FN5O2S. The van der Waals surface area contributed by atoms with Crippen molar-refractivity contribution >= 4 is 35.0 Å². The van der Waals surface area contributed by atoms with Gasteiger partial charge in [0.05, 0.1) is 11.4 Å². The van der Waals surface area contributed by atoms with E-state index in [9.17, 15) is 14.0 Å². The van der Waals surface area contributed by atoms with Gasteiger partial charge in [0.25, 0.3) is 0 Å². The largest absolute Gasteiger partial charge is 0.326 e. The number of nitrogens with one attached hydrogen (secondary N) is 2. The molecule has 0 bridgehead atoms. The molecule has 29 heavy (non-hydrogen) atoms. The third kappa shape index (κ3) is 5.20. The molecule has 0 aliphatic heterocycles. The molecule has 0 saturated carbocycles. The Labute approximate surface area is 171 Å². The number of aromatic nitrogens is 3. The highest BCUT2D eigenvalue weighted by Gasteiger charge is 2.15. The van der Waals surface area contributed by atoms with Crippen molar-refractivity contribution in [1.82, 2.24) is 14.8 Å². The minimum Gasteiger partial charge on any atom is -0.326 e. The summed E-state index contributed by atoms with van der Waals surface area (Å²) < 4.78 is 15.5. The Kier molecular flexibility index (Phi) is 6.61. The fourth-order valence-corrected chi connectivity index (χ4v) is 3.51. The van der Waals surface area contributed by atoms with Crippen molar-refractivity contribution in [2.45, 2.75) is 25.5 Å². The van der Waals surface area contributed by atoms with Crippen LogP contribution >= 0.6 is 11.8 Å². The summed E-state index contributed by atoms with van der Waals surface area (Å²) in [6.07, 6.45) is 0. The summed E-state index contributed by atoms with van der Waals surface area (Å²) >= 11 is 1.22. The molecule has 0 radical (unpaired) electrons. The number of anilines is 2. The van der Waals surface area contributed by atoms with Crippen molar-refractivity contribution in [3.05, 3.63) is 54.3 Å². The van der Waals surface area contributed by atoms with Crippen LogP contribution in [-0.4, -0.2) is 32.3 Å². The predicted molar refractivity (Wildman–Crippen MR) is 111 cm³/mol. The second-order valence-electron chi connectivity index (χ2n) is 6.13. The minimum atomic E-state index is -0.482. The van der Waals surface area contributed by atoms with E-state index in [0.29, 0.717) is 23.2 Å². The zero-order chi connectivity index (χ0) is 20.8. The number of hydrogen-bond acceptors (Lipinski definition) is 5. The van der Waals surface area contributed by atoms with Crippen LogP contribution in [0.15, 0.2) is 53.7 Å². The molecule has 0 aliphatic rings. The third-order valence-electron chi connectivity index (χ3n) is 3.95. The quantitative estimate of drug-likeness (QED) is 0.575. The lowest BCUT2D eigenvalue weighted by Crippen LogP contribution is -2.15. The lowest BCUT2D eigenvalue weighted by atomic mass is 10.2. The van der Waals surface area contributed by atoms with Gasteiger partial charge in [-0.1, -0.05) is 36.0 Å². The Bertz CT molecular complexity index is 1040. The maximum atomic E-state index is 13.7. The fourth-order valence-electron chi connectivity index (χ4n) is 2.71. The highest BCUT2D eigenvalue weighted by atomic mass is 32.2. The first kappa shape index (κ1) is 20.5. The van der Waals surface area contributed by atoms with Crippen LogP contribution in [0.25, 0.3) is 11.4 Å². The second-order valence-corrected chi connectivity index (χ2v) is 7.07. The average Bonchev–Trinajstić information content (AvgIpc) is 3.11. The van der Waals surface area contributed by atoms with E-state index in [2.05, 4.69) is 20.8 Å². The number of para-hydroxylation sites is 1. The number of hydrogen-bond donors (Lipinski definition) is 2. The van der Waals surface area contributed by atoms with E-state index < -0.39 is 5.82 Å². The second kappa shape index (κ2) is 9.33. The number of amides is 2. The van der Waals surface area contributed by atoms with Gasteiger partial charge in [-0.2, -0.15) is 0 Å². The highest BCUT2D eigenvalue weighted by molar-refractivity contribution is 7.99. The normalized spacial score (nSPS) is 10.6. The summed E-state index contributed by atoms with van der Waals surface area (Å²) in [5, 5.41) is 14.3. The van der Waals surface area contributed by atoms with Crippen LogP contribution in [0.1, 0.15) is 13.8 Å². The predicted octanol–water partition coefficient (Wildman–Crippen LogP) is 3.79. The topological polar surface area (TPSA) is 88.9 Å². The maximum Gasteiger partial charge on any atom is 0.234 e. The first-order chi connectivity index (χ1) is 14.0. The van der Waals surface area contributed by atoms with Gasteiger partial charge >= 0.3 is 0 Å². The van der Waals surface area contributed by atoms with Crippen LogP contribution in [0.5, 0.6) is 0 Å². The summed E-state index contributed by atoms with van der Waals surface area (Å²) in [6, 6.07) is 13.3. The van der Waals surface area contributed by atoms with Crippen LogP contribution in [0.4, 0.5) is 15.8 Å². The maximum absolute atomic E-state index is 13.7. The van der Waals surface area contributed by atoms with E-state index in [-0.39, 0.29) is 23.3 Å². The van der Waals surface area contributed by atoms with Crippen molar-refractivity contribution in [3.63, 3.8) is 0 Å². The van der Waals surface area contributed by atoms with Crippen molar-refractivity contribution in [1.29, 1.82) is 0 Å². The number of carbonyl (C=O) groups is 2. The zero-order valence-corrected chi connectivity index (χ0v) is 16.8. The number of benzene rings is 2. The molecule has 3 aromatic rings. The molecule has 2 amide bonds. The molecule has 1 heterocycles. The molecule has 2 aromatic carbocycles. The molecule has 9 heteroatoms. The van der Waals surface area contributed by atoms with Crippen LogP contribution in [0.3, 0.4) is 0 Å². The summed E-state index contributed by atoms with van der Waals surface area (Å²) in [5.41, 5.74) is 1.61. The third-order valence-corrected chi connectivity index (χ3v) is 4.92. The Balaban J connectivity index is 1.72. The highest BCUT2D eigenvalue weighted by Crippen LogP contribution is 2.26. The number of thioether (sulfide) groups is 1. The lowest BCUT2D eigenvalue weighted by molar-refractivity contribution is -0.114. The molecule has 0 fully saturated rings. The number of carbonyl (C=O) groups excluding carboxylic acids is 2. The molecule has 1 aromatic heterocycles. The molecule has 0 aliphatic carbocycles. The van der Waals surface area contributed by atoms with E-state index in [1.54, 1.807) is 18.2 Å². The van der Waals surface area contributed by atoms with Gasteiger partial charge < -0.3 is 15.2 Å². The first-order valence-electron chi connectivity index (χ1n) is 8.96. The fraction of sp³-hybridized carbons (Fsp3) is 0.200. The summed E-state index contributed by atoms with van der Waals surface area (Å²) in [5.74, 6) is -0.268. The molecule has 0 spiro atoms. The number of rotatable bonds is 7. The van der Waals surface area contributed by atoms with Crippen molar-refractivity contribution in [2.75, 3.05) is 16.4 Å². The Morgan fingerprint density at radius 1 is 1.10 bits per heavy atom. The zero-order valence-electron chi connectivity index (χ0n) is 16.0. The van der Waals surface area contributed by atoms with Crippen molar-refractivity contribution in [2.24, 2.45) is 0 Å². The van der Waals surface area contributed by atoms with Gasteiger partial charge in [-0.3, -0.25) is 9.59 Å². The summed E-state index contributed by atoms with van der Waals surface area (Å²) in [7, 11) is 0. The molecular weight excluding hydrogens is 393 g/mol. The van der Waals surface area contributed by atoms with E-state index in [0.717, 1.165) is 5.56 Å². The van der Waals surface area contributed by atoms with Gasteiger partial charge in [-0.05, 0) is 31.2 Å². The van der Waals surface area contributed by atoms with Crippen LogP contribution < -0.4 is 10.6 Å². The molecule has 3 rings (SSSR count). The van der Waals surface area contributed by atoms with Crippen LogP contribution in [0.2, 0.25) is 0 Å². The molecule has 0 unspecified atom stereocenters. The number of halogens is 1. The number of nitrogens with zero attached hydrogens (tertiary/aromatic N) is 3. The van der Waals surface area contributed by atoms with Crippen LogP contribution in [0, 0.1) is 5.82 Å². The van der Waals surface area contributed by atoms with Crippen molar-refractivity contribution in [3.8, 4) is 11.4 Å².